The van der Waals surface area contributed by atoms with Crippen LogP contribution in [0.3, 0.4) is 0 Å². The summed E-state index contributed by atoms with van der Waals surface area (Å²) < 4.78 is 0. The molecule has 0 fully saturated rings. The molecule has 0 bridgehead atoms. The summed E-state index contributed by atoms with van der Waals surface area (Å²) in [6.07, 6.45) is 5.03. The summed E-state index contributed by atoms with van der Waals surface area (Å²) in [6, 6.07) is 0. The number of rotatable bonds is 1. The third-order valence-corrected chi connectivity index (χ3v) is 0.425. The highest BCUT2D eigenvalue weighted by molar-refractivity contribution is 5.52. The number of hydrogen-bond donors (Lipinski definition) is 0. The summed E-state index contributed by atoms with van der Waals surface area (Å²) in [5, 5.41) is 0. The predicted octanol–water partition coefficient (Wildman–Crippen LogP) is 4.12. The zero-order chi connectivity index (χ0) is 10.8. The van der Waals surface area contributed by atoms with Crippen molar-refractivity contribution in [3.8, 4) is 0 Å². The van der Waals surface area contributed by atoms with Crippen LogP contribution in [-0.4, -0.2) is 13.3 Å². The van der Waals surface area contributed by atoms with Gasteiger partial charge in [0, 0.05) is 7.05 Å². The molecule has 0 saturated heterocycles. The maximum atomic E-state index is 3.61. The van der Waals surface area contributed by atoms with Gasteiger partial charge < -0.3 is 4.99 Å². The van der Waals surface area contributed by atoms with Crippen LogP contribution < -0.4 is 0 Å². The Hall–Kier alpha value is -0.850. The first-order chi connectivity index (χ1) is 5.83. The first kappa shape index (κ1) is 22.5. The lowest BCUT2D eigenvalue weighted by atomic mass is 10.6. The minimum absolute atomic E-state index is 1.64. The predicted molar refractivity (Wildman–Crippen MR) is 63.2 cm³/mol. The summed E-state index contributed by atoms with van der Waals surface area (Å²) in [5.41, 5.74) is 0. The Balaban J connectivity index is -0.0000000380. The third-order valence-electron chi connectivity index (χ3n) is 0.425. The molecule has 0 aliphatic heterocycles. The van der Waals surface area contributed by atoms with Crippen LogP contribution in [0.15, 0.2) is 30.3 Å². The second-order valence-electron chi connectivity index (χ2n) is 0.988. The number of hydrogen-bond acceptors (Lipinski definition) is 1. The van der Waals surface area contributed by atoms with Gasteiger partial charge in [0.1, 0.15) is 0 Å². The standard InChI is InChI=1S/C4H6.C3H7N.2C2H6/c2*1-3-4-2;2*1-2/h3-4H,1-2H2;3H,1-2H3;2*1-2H3. The Kier molecular flexibility index (Phi) is 160. The van der Waals surface area contributed by atoms with Crippen LogP contribution in [0.1, 0.15) is 34.6 Å². The van der Waals surface area contributed by atoms with Gasteiger partial charge >= 0.3 is 0 Å². The number of aliphatic imine (C=N–C) groups is 1. The highest BCUT2D eigenvalue weighted by Gasteiger charge is 1.32. The fraction of sp³-hybridized carbons (Fsp3) is 0.545. The molecule has 0 radical (unpaired) electrons. The first-order valence-corrected chi connectivity index (χ1v) is 4.43. The molecule has 0 aliphatic rings. The van der Waals surface area contributed by atoms with Crippen molar-refractivity contribution in [2.24, 2.45) is 4.99 Å². The molecule has 1 nitrogen and oxygen atoms in total. The van der Waals surface area contributed by atoms with E-state index < -0.39 is 0 Å². The van der Waals surface area contributed by atoms with Crippen molar-refractivity contribution < 1.29 is 0 Å². The molecule has 0 aromatic carbocycles. The molecule has 0 N–H and O–H groups in total. The average molecular weight is 171 g/mol. The molecule has 0 spiro atoms. The van der Waals surface area contributed by atoms with Crippen molar-refractivity contribution >= 4 is 6.21 Å². The van der Waals surface area contributed by atoms with Gasteiger partial charge in [-0.05, 0) is 13.1 Å². The van der Waals surface area contributed by atoms with Crippen LogP contribution in [-0.2, 0) is 0 Å². The Morgan fingerprint density at radius 3 is 1.08 bits per heavy atom. The summed E-state index contributed by atoms with van der Waals surface area (Å²) in [6.45, 7) is 16.6. The monoisotopic (exact) mass is 171 g/mol. The van der Waals surface area contributed by atoms with Crippen molar-refractivity contribution in [3.05, 3.63) is 25.3 Å². The molecule has 0 rings (SSSR count). The minimum Gasteiger partial charge on any atom is -0.301 e. The van der Waals surface area contributed by atoms with Gasteiger partial charge in [0.2, 0.25) is 0 Å². The fourth-order valence-corrected chi connectivity index (χ4v) is 0. The normalized spacial score (nSPS) is 5.83. The van der Waals surface area contributed by atoms with Crippen LogP contribution in [0.4, 0.5) is 0 Å². The van der Waals surface area contributed by atoms with Crippen molar-refractivity contribution in [1.29, 1.82) is 0 Å². The van der Waals surface area contributed by atoms with Crippen molar-refractivity contribution in [2.45, 2.75) is 34.6 Å². The highest BCUT2D eigenvalue weighted by Crippen LogP contribution is 1.52. The third kappa shape index (κ3) is 460. The summed E-state index contributed by atoms with van der Waals surface area (Å²) in [7, 11) is 1.75. The molecule has 1 heteroatoms. The molecular formula is C11H25N. The van der Waals surface area contributed by atoms with E-state index in [4.69, 9.17) is 0 Å². The molecule has 0 unspecified atom stereocenters. The van der Waals surface area contributed by atoms with E-state index >= 15 is 0 Å². The fourth-order valence-electron chi connectivity index (χ4n) is 0. The molecule has 0 aromatic rings. The van der Waals surface area contributed by atoms with Gasteiger partial charge in [0.05, 0.1) is 0 Å². The van der Waals surface area contributed by atoms with Crippen LogP contribution in [0.5, 0.6) is 0 Å². The second-order valence-corrected chi connectivity index (χ2v) is 0.988. The molecular weight excluding hydrogens is 146 g/mol. The summed E-state index contributed by atoms with van der Waals surface area (Å²) >= 11 is 0. The SMILES string of the molecule is C=CC=C.CC.CC.CC=NC. The van der Waals surface area contributed by atoms with Crippen molar-refractivity contribution in [1.82, 2.24) is 0 Å². The molecule has 0 saturated carbocycles. The van der Waals surface area contributed by atoms with Crippen molar-refractivity contribution in [3.63, 3.8) is 0 Å². The lowest BCUT2D eigenvalue weighted by Crippen LogP contribution is -1.47. The van der Waals surface area contributed by atoms with Gasteiger partial charge in [0.15, 0.2) is 0 Å². The highest BCUT2D eigenvalue weighted by atomic mass is 14.6. The maximum Gasteiger partial charge on any atom is 0.0273 e. The van der Waals surface area contributed by atoms with Gasteiger partial charge in [-0.25, -0.2) is 0 Å². The van der Waals surface area contributed by atoms with E-state index in [0.717, 1.165) is 0 Å². The molecule has 12 heavy (non-hydrogen) atoms. The van der Waals surface area contributed by atoms with Crippen LogP contribution in [0, 0.1) is 0 Å². The van der Waals surface area contributed by atoms with Crippen LogP contribution >= 0.6 is 0 Å². The van der Waals surface area contributed by atoms with E-state index in [1.54, 1.807) is 25.4 Å². The second kappa shape index (κ2) is 85.6. The van der Waals surface area contributed by atoms with E-state index in [-0.39, 0.29) is 0 Å². The van der Waals surface area contributed by atoms with Crippen LogP contribution in [0.25, 0.3) is 0 Å². The van der Waals surface area contributed by atoms with Gasteiger partial charge in [0.25, 0.3) is 0 Å². The average Bonchev–Trinajstić information content (AvgIpc) is 2.23. The van der Waals surface area contributed by atoms with Gasteiger partial charge in [-0.1, -0.05) is 53.0 Å². The Morgan fingerprint density at radius 2 is 1.08 bits per heavy atom. The van der Waals surface area contributed by atoms with Gasteiger partial charge in [-0.2, -0.15) is 0 Å². The smallest absolute Gasteiger partial charge is 0.0273 e. The molecule has 74 valence electrons. The Morgan fingerprint density at radius 1 is 0.917 bits per heavy atom. The lowest BCUT2D eigenvalue weighted by Gasteiger charge is -1.53. The Bertz CT molecular complexity index is 63.1. The van der Waals surface area contributed by atoms with Crippen LogP contribution in [0.2, 0.25) is 0 Å². The molecule has 0 amide bonds. The Labute approximate surface area is 78.9 Å². The molecule has 0 heterocycles. The topological polar surface area (TPSA) is 12.4 Å². The van der Waals surface area contributed by atoms with E-state index in [2.05, 4.69) is 18.2 Å². The minimum atomic E-state index is 1.64. The first-order valence-electron chi connectivity index (χ1n) is 4.43. The lowest BCUT2D eigenvalue weighted by molar-refractivity contribution is 1.46. The number of nitrogens with zero attached hydrogens (tertiary/aromatic N) is 1. The van der Waals surface area contributed by atoms with Crippen molar-refractivity contribution in [2.75, 3.05) is 7.05 Å². The largest absolute Gasteiger partial charge is 0.301 e. The maximum absolute atomic E-state index is 3.61. The molecule has 0 aliphatic carbocycles. The quantitative estimate of drug-likeness (QED) is 0.416. The molecule has 0 atom stereocenters. The summed E-state index contributed by atoms with van der Waals surface area (Å²) in [4.78, 5) is 3.61. The zero-order valence-corrected chi connectivity index (χ0v) is 9.59. The summed E-state index contributed by atoms with van der Waals surface area (Å²) in [5.74, 6) is 0. The zero-order valence-electron chi connectivity index (χ0n) is 9.59. The van der Waals surface area contributed by atoms with E-state index in [9.17, 15) is 0 Å². The van der Waals surface area contributed by atoms with Gasteiger partial charge in [-0.3, -0.25) is 0 Å². The van der Waals surface area contributed by atoms with E-state index in [1.807, 2.05) is 34.6 Å². The van der Waals surface area contributed by atoms with E-state index in [1.165, 1.54) is 0 Å². The number of allylic oxidation sites excluding steroid dienone is 2. The molecule has 0 aromatic heterocycles. The van der Waals surface area contributed by atoms with Gasteiger partial charge in [-0.15, -0.1) is 0 Å². The van der Waals surface area contributed by atoms with E-state index in [0.29, 0.717) is 0 Å².